The molecule has 0 spiro atoms. The fraction of sp³-hybridized carbons (Fsp3) is 0.182. The molecule has 0 heterocycles. The third-order valence-corrected chi connectivity index (χ3v) is 3.67. The summed E-state index contributed by atoms with van der Waals surface area (Å²) < 4.78 is 9.83. The summed E-state index contributed by atoms with van der Waals surface area (Å²) in [6, 6.07) is 17.1. The third-order valence-electron chi connectivity index (χ3n) is 3.67. The number of aliphatic hydroxyl groups is 1. The van der Waals surface area contributed by atoms with Gasteiger partial charge in [-0.05, 0) is 48.8 Å². The molecule has 0 saturated carbocycles. The van der Waals surface area contributed by atoms with E-state index in [0.29, 0.717) is 5.56 Å². The Labute approximate surface area is 158 Å². The number of hydrogen-bond donors (Lipinski definition) is 1. The van der Waals surface area contributed by atoms with Crippen molar-refractivity contribution in [3.05, 3.63) is 78.1 Å². The standard InChI is InChI=1S/C22H22O5/c1-3-26-21(24)19(13-14-20(23)22(25)27-4-2)18-12-8-11-17(15-18)16-9-6-5-7-10-16/h5-15,23H,3-4H2,1-2H3/b19-13+,20-14-. The van der Waals surface area contributed by atoms with Gasteiger partial charge in [0.1, 0.15) is 0 Å². The lowest BCUT2D eigenvalue weighted by molar-refractivity contribution is -0.141. The Bertz CT molecular complexity index is 850. The fourth-order valence-electron chi connectivity index (χ4n) is 2.42. The SMILES string of the molecule is CCOC(=O)/C(O)=C/C=C(/C(=O)OCC)c1cccc(-c2ccccc2)c1. The van der Waals surface area contributed by atoms with Crippen LogP contribution in [0.2, 0.25) is 0 Å². The van der Waals surface area contributed by atoms with E-state index in [-0.39, 0.29) is 18.8 Å². The first-order valence-corrected chi connectivity index (χ1v) is 8.67. The molecule has 0 radical (unpaired) electrons. The van der Waals surface area contributed by atoms with Crippen LogP contribution >= 0.6 is 0 Å². The molecule has 0 saturated heterocycles. The van der Waals surface area contributed by atoms with Gasteiger partial charge in [0.25, 0.3) is 0 Å². The number of ether oxygens (including phenoxy) is 2. The minimum atomic E-state index is -0.852. The molecule has 5 nitrogen and oxygen atoms in total. The molecule has 140 valence electrons. The molecule has 27 heavy (non-hydrogen) atoms. The second-order valence-corrected chi connectivity index (χ2v) is 5.52. The lowest BCUT2D eigenvalue weighted by atomic mass is 9.98. The van der Waals surface area contributed by atoms with Gasteiger partial charge in [0.2, 0.25) is 5.76 Å². The maximum atomic E-state index is 12.4. The van der Waals surface area contributed by atoms with E-state index >= 15 is 0 Å². The van der Waals surface area contributed by atoms with E-state index in [1.165, 1.54) is 6.08 Å². The molecule has 2 aromatic rings. The minimum Gasteiger partial charge on any atom is -0.502 e. The molecule has 1 N–H and O–H groups in total. The van der Waals surface area contributed by atoms with Crippen LogP contribution < -0.4 is 0 Å². The van der Waals surface area contributed by atoms with E-state index in [1.807, 2.05) is 48.5 Å². The van der Waals surface area contributed by atoms with Crippen LogP contribution in [0.3, 0.4) is 0 Å². The van der Waals surface area contributed by atoms with Crippen LogP contribution in [-0.2, 0) is 19.1 Å². The molecule has 0 atom stereocenters. The van der Waals surface area contributed by atoms with Crippen molar-refractivity contribution in [1.82, 2.24) is 0 Å². The third kappa shape index (κ3) is 5.57. The lowest BCUT2D eigenvalue weighted by Gasteiger charge is -2.09. The maximum absolute atomic E-state index is 12.4. The first kappa shape index (κ1) is 20.0. The van der Waals surface area contributed by atoms with Crippen LogP contribution in [0.4, 0.5) is 0 Å². The first-order chi connectivity index (χ1) is 13.1. The van der Waals surface area contributed by atoms with Gasteiger partial charge in [-0.3, -0.25) is 0 Å². The molecular weight excluding hydrogens is 344 g/mol. The zero-order chi connectivity index (χ0) is 19.6. The molecule has 0 aliphatic heterocycles. The summed E-state index contributed by atoms with van der Waals surface area (Å²) in [5.74, 6) is -1.98. The number of hydrogen-bond acceptors (Lipinski definition) is 5. The predicted octanol–water partition coefficient (Wildman–Crippen LogP) is 4.31. The van der Waals surface area contributed by atoms with E-state index in [2.05, 4.69) is 0 Å². The topological polar surface area (TPSA) is 72.8 Å². The highest BCUT2D eigenvalue weighted by atomic mass is 16.5. The van der Waals surface area contributed by atoms with Gasteiger partial charge in [-0.1, -0.05) is 48.5 Å². The molecule has 0 aromatic heterocycles. The first-order valence-electron chi connectivity index (χ1n) is 8.67. The maximum Gasteiger partial charge on any atom is 0.373 e. The van der Waals surface area contributed by atoms with E-state index in [4.69, 9.17) is 9.47 Å². The van der Waals surface area contributed by atoms with E-state index in [0.717, 1.165) is 17.2 Å². The number of benzene rings is 2. The average Bonchev–Trinajstić information content (AvgIpc) is 2.69. The van der Waals surface area contributed by atoms with Crippen LogP contribution in [0.5, 0.6) is 0 Å². The van der Waals surface area contributed by atoms with Gasteiger partial charge in [-0.2, -0.15) is 0 Å². The Morgan fingerprint density at radius 3 is 2.15 bits per heavy atom. The van der Waals surface area contributed by atoms with Gasteiger partial charge in [-0.15, -0.1) is 0 Å². The van der Waals surface area contributed by atoms with Crippen LogP contribution in [0.1, 0.15) is 19.4 Å². The Morgan fingerprint density at radius 1 is 0.852 bits per heavy atom. The summed E-state index contributed by atoms with van der Waals surface area (Å²) in [4.78, 5) is 23.9. The molecule has 0 aliphatic carbocycles. The molecule has 0 unspecified atom stereocenters. The van der Waals surface area contributed by atoms with Gasteiger partial charge >= 0.3 is 11.9 Å². The molecule has 0 bridgehead atoms. The second kappa shape index (κ2) is 9.97. The van der Waals surface area contributed by atoms with E-state index < -0.39 is 17.7 Å². The van der Waals surface area contributed by atoms with Crippen molar-refractivity contribution in [2.45, 2.75) is 13.8 Å². The van der Waals surface area contributed by atoms with E-state index in [1.54, 1.807) is 19.9 Å². The number of esters is 2. The molecule has 0 amide bonds. The fourth-order valence-corrected chi connectivity index (χ4v) is 2.42. The summed E-state index contributed by atoms with van der Waals surface area (Å²) in [5, 5.41) is 9.78. The summed E-state index contributed by atoms with van der Waals surface area (Å²) in [6.07, 6.45) is 2.49. The molecule has 0 aliphatic rings. The highest BCUT2D eigenvalue weighted by molar-refractivity contribution is 6.17. The van der Waals surface area contributed by atoms with Gasteiger partial charge in [0.15, 0.2) is 0 Å². The van der Waals surface area contributed by atoms with Crippen molar-refractivity contribution >= 4 is 17.5 Å². The average molecular weight is 366 g/mol. The van der Waals surface area contributed by atoms with Crippen molar-refractivity contribution in [2.75, 3.05) is 13.2 Å². The number of carbonyl (C=O) groups is 2. The largest absolute Gasteiger partial charge is 0.502 e. The monoisotopic (exact) mass is 366 g/mol. The van der Waals surface area contributed by atoms with Gasteiger partial charge in [0.05, 0.1) is 18.8 Å². The summed E-state index contributed by atoms with van der Waals surface area (Å²) in [6.45, 7) is 3.70. The number of allylic oxidation sites excluding steroid dienone is 2. The lowest BCUT2D eigenvalue weighted by Crippen LogP contribution is -2.08. The Balaban J connectivity index is 2.43. The van der Waals surface area contributed by atoms with Crippen LogP contribution in [0.15, 0.2) is 72.5 Å². The minimum absolute atomic E-state index is 0.143. The Morgan fingerprint density at radius 2 is 1.48 bits per heavy atom. The van der Waals surface area contributed by atoms with Crippen molar-refractivity contribution in [3.63, 3.8) is 0 Å². The normalized spacial score (nSPS) is 11.8. The Kier molecular flexibility index (Phi) is 7.37. The van der Waals surface area contributed by atoms with Gasteiger partial charge in [-0.25, -0.2) is 9.59 Å². The molecule has 5 heteroatoms. The smallest absolute Gasteiger partial charge is 0.373 e. The highest BCUT2D eigenvalue weighted by Crippen LogP contribution is 2.24. The zero-order valence-corrected chi connectivity index (χ0v) is 15.3. The van der Waals surface area contributed by atoms with Crippen molar-refractivity contribution < 1.29 is 24.2 Å². The summed E-state index contributed by atoms with van der Waals surface area (Å²) in [7, 11) is 0. The quantitative estimate of drug-likeness (QED) is 0.342. The predicted molar refractivity (Wildman–Crippen MR) is 104 cm³/mol. The summed E-state index contributed by atoms with van der Waals surface area (Å²) in [5.41, 5.74) is 2.78. The Hall–Kier alpha value is -3.34. The van der Waals surface area contributed by atoms with E-state index in [9.17, 15) is 14.7 Å². The molecule has 0 fully saturated rings. The highest BCUT2D eigenvalue weighted by Gasteiger charge is 2.14. The number of aliphatic hydroxyl groups excluding tert-OH is 1. The zero-order valence-electron chi connectivity index (χ0n) is 15.3. The van der Waals surface area contributed by atoms with Crippen LogP contribution in [-0.4, -0.2) is 30.3 Å². The second-order valence-electron chi connectivity index (χ2n) is 5.52. The van der Waals surface area contributed by atoms with Gasteiger partial charge in [0, 0.05) is 0 Å². The van der Waals surface area contributed by atoms with Crippen LogP contribution in [0.25, 0.3) is 16.7 Å². The van der Waals surface area contributed by atoms with Crippen molar-refractivity contribution in [1.29, 1.82) is 0 Å². The number of rotatable bonds is 7. The van der Waals surface area contributed by atoms with Gasteiger partial charge < -0.3 is 14.6 Å². The molecule has 2 aromatic carbocycles. The molecular formula is C22H22O5. The van der Waals surface area contributed by atoms with Crippen LogP contribution in [0, 0.1) is 0 Å². The summed E-state index contributed by atoms with van der Waals surface area (Å²) >= 11 is 0. The van der Waals surface area contributed by atoms with Crippen molar-refractivity contribution in [2.24, 2.45) is 0 Å². The number of carbonyl (C=O) groups excluding carboxylic acids is 2. The van der Waals surface area contributed by atoms with Crippen molar-refractivity contribution in [3.8, 4) is 11.1 Å². The molecule has 2 rings (SSSR count).